The van der Waals surface area contributed by atoms with E-state index in [4.69, 9.17) is 0 Å². The summed E-state index contributed by atoms with van der Waals surface area (Å²) in [5.41, 5.74) is 0. The predicted octanol–water partition coefficient (Wildman–Crippen LogP) is -0.284. The van der Waals surface area contributed by atoms with Crippen LogP contribution in [0.2, 0.25) is 0 Å². The molecule has 0 saturated heterocycles. The number of nitrogens with one attached hydrogen (secondary N) is 2. The highest BCUT2D eigenvalue weighted by Crippen LogP contribution is 1.91. The average Bonchev–Trinajstić information content (AvgIpc) is 2.34. The van der Waals surface area contributed by atoms with E-state index >= 15 is 0 Å². The Balaban J connectivity index is 4.01. The third-order valence-corrected chi connectivity index (χ3v) is 2.27. The molecule has 0 saturated carbocycles. The van der Waals surface area contributed by atoms with Gasteiger partial charge >= 0.3 is 12.0 Å². The smallest absolute Gasteiger partial charge is 0.325 e. The highest BCUT2D eigenvalue weighted by Gasteiger charge is 2.18. The molecule has 0 rings (SSSR count). The van der Waals surface area contributed by atoms with Crippen LogP contribution in [-0.4, -0.2) is 55.6 Å². The first-order valence-corrected chi connectivity index (χ1v) is 5.87. The van der Waals surface area contributed by atoms with Crippen LogP contribution >= 0.6 is 0 Å². The van der Waals surface area contributed by atoms with Crippen LogP contribution in [0, 0.1) is 0 Å². The Bertz CT molecular complexity index is 307. The van der Waals surface area contributed by atoms with Crippen molar-refractivity contribution in [3.8, 4) is 0 Å². The zero-order valence-corrected chi connectivity index (χ0v) is 11.3. The molecule has 104 valence electrons. The van der Waals surface area contributed by atoms with Gasteiger partial charge in [0.05, 0.1) is 6.61 Å². The van der Waals surface area contributed by atoms with Gasteiger partial charge in [-0.1, -0.05) is 0 Å². The fraction of sp³-hybridized carbons (Fsp3) is 0.727. The van der Waals surface area contributed by atoms with Crippen molar-refractivity contribution in [3.63, 3.8) is 0 Å². The van der Waals surface area contributed by atoms with Crippen LogP contribution in [0.25, 0.3) is 0 Å². The second-order valence-corrected chi connectivity index (χ2v) is 3.71. The summed E-state index contributed by atoms with van der Waals surface area (Å²) < 4.78 is 4.64. The first-order chi connectivity index (χ1) is 8.42. The lowest BCUT2D eigenvalue weighted by Crippen LogP contribution is -2.49. The molecule has 18 heavy (non-hydrogen) atoms. The summed E-state index contributed by atoms with van der Waals surface area (Å²) in [5, 5.41) is 4.76. The quantitative estimate of drug-likeness (QED) is 0.642. The van der Waals surface area contributed by atoms with Gasteiger partial charge in [0.2, 0.25) is 5.91 Å². The minimum atomic E-state index is -0.642. The van der Waals surface area contributed by atoms with E-state index < -0.39 is 18.0 Å². The van der Waals surface area contributed by atoms with Gasteiger partial charge in [-0.2, -0.15) is 0 Å². The Morgan fingerprint density at radius 2 is 1.89 bits per heavy atom. The number of nitrogens with zero attached hydrogens (tertiary/aromatic N) is 1. The number of hydrogen-bond acceptors (Lipinski definition) is 4. The lowest BCUT2D eigenvalue weighted by atomic mass is 10.3. The number of rotatable bonds is 6. The van der Waals surface area contributed by atoms with Crippen LogP contribution in [0.4, 0.5) is 4.79 Å². The predicted molar refractivity (Wildman–Crippen MR) is 65.9 cm³/mol. The third-order valence-electron chi connectivity index (χ3n) is 2.27. The molecule has 7 heteroatoms. The number of amides is 3. The van der Waals surface area contributed by atoms with Gasteiger partial charge in [-0.05, 0) is 20.8 Å². The molecule has 0 aliphatic heterocycles. The lowest BCUT2D eigenvalue weighted by Gasteiger charge is -2.20. The molecule has 1 atom stereocenters. The van der Waals surface area contributed by atoms with Gasteiger partial charge in [0, 0.05) is 13.6 Å². The Labute approximate surface area is 107 Å². The molecular formula is C11H21N3O4. The first-order valence-electron chi connectivity index (χ1n) is 5.87. The second kappa shape index (κ2) is 8.32. The van der Waals surface area contributed by atoms with E-state index in [9.17, 15) is 14.4 Å². The topological polar surface area (TPSA) is 87.7 Å². The van der Waals surface area contributed by atoms with Crippen molar-refractivity contribution in [3.05, 3.63) is 0 Å². The van der Waals surface area contributed by atoms with Crippen LogP contribution < -0.4 is 10.6 Å². The maximum Gasteiger partial charge on any atom is 0.325 e. The van der Waals surface area contributed by atoms with Gasteiger partial charge < -0.3 is 20.3 Å². The van der Waals surface area contributed by atoms with Crippen molar-refractivity contribution in [2.24, 2.45) is 0 Å². The van der Waals surface area contributed by atoms with E-state index in [0.717, 1.165) is 0 Å². The van der Waals surface area contributed by atoms with Crippen LogP contribution in [0.3, 0.4) is 0 Å². The lowest BCUT2D eigenvalue weighted by molar-refractivity contribution is -0.141. The molecule has 0 bridgehead atoms. The molecule has 0 heterocycles. The maximum absolute atomic E-state index is 11.6. The molecule has 0 aliphatic rings. The SMILES string of the molecule is CCOC(=O)CNC(=O)NC(C)C(=O)N(C)CC. The van der Waals surface area contributed by atoms with E-state index in [0.29, 0.717) is 6.54 Å². The highest BCUT2D eigenvalue weighted by atomic mass is 16.5. The highest BCUT2D eigenvalue weighted by molar-refractivity contribution is 5.87. The standard InChI is InChI=1S/C11H21N3O4/c1-5-14(4)10(16)8(3)13-11(17)12-7-9(15)18-6-2/h8H,5-7H2,1-4H3,(H2,12,13,17). The zero-order chi connectivity index (χ0) is 14.1. The van der Waals surface area contributed by atoms with Crippen molar-refractivity contribution < 1.29 is 19.1 Å². The Morgan fingerprint density at radius 3 is 2.39 bits per heavy atom. The third kappa shape index (κ3) is 6.07. The number of carbonyl (C=O) groups excluding carboxylic acids is 3. The summed E-state index contributed by atoms with van der Waals surface area (Å²) in [4.78, 5) is 35.5. The zero-order valence-electron chi connectivity index (χ0n) is 11.3. The number of ether oxygens (including phenoxy) is 1. The molecule has 7 nitrogen and oxygen atoms in total. The summed E-state index contributed by atoms with van der Waals surface area (Å²) in [6, 6.07) is -1.22. The number of likely N-dealkylation sites (N-methyl/N-ethyl adjacent to an activating group) is 1. The van der Waals surface area contributed by atoms with Crippen LogP contribution in [0.1, 0.15) is 20.8 Å². The van der Waals surface area contributed by atoms with Gasteiger partial charge in [-0.25, -0.2) is 4.79 Å². The molecule has 1 unspecified atom stereocenters. The molecule has 0 aliphatic carbocycles. The van der Waals surface area contributed by atoms with Gasteiger partial charge in [0.25, 0.3) is 0 Å². The number of hydrogen-bond donors (Lipinski definition) is 2. The van der Waals surface area contributed by atoms with Crippen molar-refractivity contribution >= 4 is 17.9 Å². The van der Waals surface area contributed by atoms with E-state index in [1.807, 2.05) is 6.92 Å². The molecule has 0 aromatic carbocycles. The maximum atomic E-state index is 11.6. The molecule has 0 spiro atoms. The summed E-state index contributed by atoms with van der Waals surface area (Å²) in [6.07, 6.45) is 0. The number of carbonyl (C=O) groups is 3. The number of urea groups is 1. The van der Waals surface area contributed by atoms with Crippen LogP contribution in [-0.2, 0) is 14.3 Å². The summed E-state index contributed by atoms with van der Waals surface area (Å²) >= 11 is 0. The average molecular weight is 259 g/mol. The van der Waals surface area contributed by atoms with Crippen LogP contribution in [0.15, 0.2) is 0 Å². The van der Waals surface area contributed by atoms with Crippen molar-refractivity contribution in [1.82, 2.24) is 15.5 Å². The van der Waals surface area contributed by atoms with Crippen molar-refractivity contribution in [1.29, 1.82) is 0 Å². The minimum absolute atomic E-state index is 0.191. The molecule has 0 aromatic heterocycles. The van der Waals surface area contributed by atoms with E-state index in [-0.39, 0.29) is 19.1 Å². The summed E-state index contributed by atoms with van der Waals surface area (Å²) in [6.45, 7) is 5.71. The largest absolute Gasteiger partial charge is 0.465 e. The van der Waals surface area contributed by atoms with Gasteiger partial charge in [-0.15, -0.1) is 0 Å². The Kier molecular flexibility index (Phi) is 7.50. The molecular weight excluding hydrogens is 238 g/mol. The van der Waals surface area contributed by atoms with Crippen molar-refractivity contribution in [2.75, 3.05) is 26.7 Å². The molecule has 0 fully saturated rings. The monoisotopic (exact) mass is 259 g/mol. The fourth-order valence-electron chi connectivity index (χ4n) is 1.16. The second-order valence-electron chi connectivity index (χ2n) is 3.71. The summed E-state index contributed by atoms with van der Waals surface area (Å²) in [5.74, 6) is -0.707. The molecule has 0 aromatic rings. The van der Waals surface area contributed by atoms with E-state index in [1.54, 1.807) is 20.9 Å². The summed E-state index contributed by atoms with van der Waals surface area (Å²) in [7, 11) is 1.65. The van der Waals surface area contributed by atoms with E-state index in [2.05, 4.69) is 15.4 Å². The molecule has 2 N–H and O–H groups in total. The fourth-order valence-corrected chi connectivity index (χ4v) is 1.16. The van der Waals surface area contributed by atoms with Crippen molar-refractivity contribution in [2.45, 2.75) is 26.8 Å². The molecule has 0 radical (unpaired) electrons. The van der Waals surface area contributed by atoms with Crippen LogP contribution in [0.5, 0.6) is 0 Å². The Hall–Kier alpha value is -1.79. The minimum Gasteiger partial charge on any atom is -0.465 e. The van der Waals surface area contributed by atoms with Gasteiger partial charge in [-0.3, -0.25) is 9.59 Å². The first kappa shape index (κ1) is 16.2. The van der Waals surface area contributed by atoms with E-state index in [1.165, 1.54) is 4.90 Å². The normalized spacial score (nSPS) is 11.3. The number of esters is 1. The Morgan fingerprint density at radius 1 is 1.28 bits per heavy atom. The molecule has 3 amide bonds. The van der Waals surface area contributed by atoms with Gasteiger partial charge in [0.1, 0.15) is 12.6 Å². The van der Waals surface area contributed by atoms with Gasteiger partial charge in [0.15, 0.2) is 0 Å².